The van der Waals surface area contributed by atoms with Gasteiger partial charge in [0.15, 0.2) is 0 Å². The largest absolute Gasteiger partial charge is 0.353 e. The standard InChI is InChI=1S/C10H19N3O/c1-4-13(7-5-6-11)8-10(14)12-9(2)3/h9H,4-5,7-8H2,1-3H3,(H,12,14). The normalized spacial score (nSPS) is 10.3. The van der Waals surface area contributed by atoms with Crippen molar-refractivity contribution in [2.24, 2.45) is 0 Å². The van der Waals surface area contributed by atoms with Crippen molar-refractivity contribution in [2.75, 3.05) is 19.6 Å². The molecule has 0 aliphatic rings. The summed E-state index contributed by atoms with van der Waals surface area (Å²) in [5.74, 6) is 0.0276. The molecule has 0 saturated heterocycles. The zero-order valence-electron chi connectivity index (χ0n) is 9.21. The average molecular weight is 197 g/mol. The van der Waals surface area contributed by atoms with Crippen LogP contribution in [-0.2, 0) is 4.79 Å². The van der Waals surface area contributed by atoms with E-state index in [1.165, 1.54) is 0 Å². The van der Waals surface area contributed by atoms with Gasteiger partial charge in [-0.15, -0.1) is 0 Å². The lowest BCUT2D eigenvalue weighted by Gasteiger charge is -2.19. The minimum atomic E-state index is 0.0276. The van der Waals surface area contributed by atoms with Gasteiger partial charge in [-0.1, -0.05) is 6.92 Å². The van der Waals surface area contributed by atoms with E-state index in [0.717, 1.165) is 6.54 Å². The van der Waals surface area contributed by atoms with E-state index in [4.69, 9.17) is 5.26 Å². The molecule has 80 valence electrons. The fourth-order valence-corrected chi connectivity index (χ4v) is 1.13. The van der Waals surface area contributed by atoms with Crippen LogP contribution in [0.15, 0.2) is 0 Å². The number of carbonyl (C=O) groups excluding carboxylic acids is 1. The molecule has 0 fully saturated rings. The van der Waals surface area contributed by atoms with Crippen molar-refractivity contribution < 1.29 is 4.79 Å². The summed E-state index contributed by atoms with van der Waals surface area (Å²) in [6.07, 6.45) is 0.475. The topological polar surface area (TPSA) is 56.1 Å². The summed E-state index contributed by atoms with van der Waals surface area (Å²) < 4.78 is 0. The Kier molecular flexibility index (Phi) is 6.77. The molecule has 0 heterocycles. The number of carbonyl (C=O) groups is 1. The van der Waals surface area contributed by atoms with Crippen molar-refractivity contribution in [3.8, 4) is 6.07 Å². The predicted molar refractivity (Wildman–Crippen MR) is 55.6 cm³/mol. The van der Waals surface area contributed by atoms with E-state index in [1.54, 1.807) is 0 Å². The Bertz CT molecular complexity index is 208. The zero-order chi connectivity index (χ0) is 11.0. The fourth-order valence-electron chi connectivity index (χ4n) is 1.13. The number of hydrogen-bond acceptors (Lipinski definition) is 3. The van der Waals surface area contributed by atoms with Gasteiger partial charge in [-0.2, -0.15) is 5.26 Å². The van der Waals surface area contributed by atoms with Crippen LogP contribution in [0.3, 0.4) is 0 Å². The van der Waals surface area contributed by atoms with Crippen molar-refractivity contribution in [1.82, 2.24) is 10.2 Å². The highest BCUT2D eigenvalue weighted by Gasteiger charge is 2.08. The summed E-state index contributed by atoms with van der Waals surface area (Å²) in [6.45, 7) is 7.70. The van der Waals surface area contributed by atoms with Crippen molar-refractivity contribution in [3.63, 3.8) is 0 Å². The molecule has 0 spiro atoms. The third-order valence-corrected chi connectivity index (χ3v) is 1.80. The Morgan fingerprint density at radius 1 is 1.57 bits per heavy atom. The Labute approximate surface area is 85.9 Å². The van der Waals surface area contributed by atoms with Gasteiger partial charge in [0.1, 0.15) is 0 Å². The average Bonchev–Trinajstić information content (AvgIpc) is 2.10. The molecule has 1 N–H and O–H groups in total. The maximum absolute atomic E-state index is 11.4. The molecule has 14 heavy (non-hydrogen) atoms. The third-order valence-electron chi connectivity index (χ3n) is 1.80. The van der Waals surface area contributed by atoms with Gasteiger partial charge in [-0.05, 0) is 20.4 Å². The molecule has 4 heteroatoms. The summed E-state index contributed by atoms with van der Waals surface area (Å²) in [5, 5.41) is 11.2. The summed E-state index contributed by atoms with van der Waals surface area (Å²) >= 11 is 0. The highest BCUT2D eigenvalue weighted by atomic mass is 16.2. The van der Waals surface area contributed by atoms with E-state index in [2.05, 4.69) is 11.4 Å². The number of nitrogens with one attached hydrogen (secondary N) is 1. The smallest absolute Gasteiger partial charge is 0.234 e. The van der Waals surface area contributed by atoms with Crippen LogP contribution >= 0.6 is 0 Å². The number of nitrogens with zero attached hydrogens (tertiary/aromatic N) is 2. The van der Waals surface area contributed by atoms with Crippen LogP contribution < -0.4 is 5.32 Å². The minimum Gasteiger partial charge on any atom is -0.353 e. The van der Waals surface area contributed by atoms with Crippen molar-refractivity contribution >= 4 is 5.91 Å². The number of nitriles is 1. The molecular weight excluding hydrogens is 178 g/mol. The molecule has 0 atom stereocenters. The van der Waals surface area contributed by atoms with Crippen LogP contribution in [0.2, 0.25) is 0 Å². The molecule has 0 rings (SSSR count). The lowest BCUT2D eigenvalue weighted by atomic mass is 10.3. The fraction of sp³-hybridized carbons (Fsp3) is 0.800. The molecule has 0 unspecified atom stereocenters. The van der Waals surface area contributed by atoms with Crippen LogP contribution in [0.1, 0.15) is 27.2 Å². The predicted octanol–water partition coefficient (Wildman–Crippen LogP) is 0.747. The molecule has 4 nitrogen and oxygen atoms in total. The van der Waals surface area contributed by atoms with Crippen molar-refractivity contribution in [1.29, 1.82) is 5.26 Å². The van der Waals surface area contributed by atoms with Crippen LogP contribution in [0, 0.1) is 11.3 Å². The molecule has 0 radical (unpaired) electrons. The summed E-state index contributed by atoms with van der Waals surface area (Å²) in [4.78, 5) is 13.3. The van der Waals surface area contributed by atoms with E-state index in [0.29, 0.717) is 19.5 Å². The second-order valence-corrected chi connectivity index (χ2v) is 3.50. The molecule has 0 aromatic heterocycles. The highest BCUT2D eigenvalue weighted by Crippen LogP contribution is 1.90. The Balaban J connectivity index is 3.81. The minimum absolute atomic E-state index is 0.0276. The van der Waals surface area contributed by atoms with Gasteiger partial charge in [0.2, 0.25) is 5.91 Å². The molecule has 0 saturated carbocycles. The summed E-state index contributed by atoms with van der Waals surface area (Å²) in [5.41, 5.74) is 0. The molecule has 0 aliphatic carbocycles. The maximum Gasteiger partial charge on any atom is 0.234 e. The number of rotatable bonds is 6. The first kappa shape index (κ1) is 12.9. The van der Waals surface area contributed by atoms with E-state index < -0.39 is 0 Å². The van der Waals surface area contributed by atoms with E-state index in [-0.39, 0.29) is 11.9 Å². The Morgan fingerprint density at radius 3 is 2.64 bits per heavy atom. The maximum atomic E-state index is 11.4. The highest BCUT2D eigenvalue weighted by molar-refractivity contribution is 5.78. The van der Waals surface area contributed by atoms with Gasteiger partial charge < -0.3 is 5.32 Å². The second-order valence-electron chi connectivity index (χ2n) is 3.50. The molecule has 0 aromatic carbocycles. The Hall–Kier alpha value is -1.08. The van der Waals surface area contributed by atoms with Crippen molar-refractivity contribution in [2.45, 2.75) is 33.2 Å². The quantitative estimate of drug-likeness (QED) is 0.683. The zero-order valence-corrected chi connectivity index (χ0v) is 9.21. The summed E-state index contributed by atoms with van der Waals surface area (Å²) in [7, 11) is 0. The lowest BCUT2D eigenvalue weighted by molar-refractivity contribution is -0.122. The van der Waals surface area contributed by atoms with Gasteiger partial charge in [0.05, 0.1) is 12.6 Å². The number of likely N-dealkylation sites (N-methyl/N-ethyl adjacent to an activating group) is 1. The van der Waals surface area contributed by atoms with E-state index >= 15 is 0 Å². The Morgan fingerprint density at radius 2 is 2.21 bits per heavy atom. The first-order chi connectivity index (χ1) is 6.60. The monoisotopic (exact) mass is 197 g/mol. The van der Waals surface area contributed by atoms with E-state index in [9.17, 15) is 4.79 Å². The molecule has 0 aliphatic heterocycles. The second kappa shape index (κ2) is 7.34. The lowest BCUT2D eigenvalue weighted by Crippen LogP contribution is -2.40. The van der Waals surface area contributed by atoms with E-state index in [1.807, 2.05) is 25.7 Å². The van der Waals surface area contributed by atoms with Gasteiger partial charge in [-0.25, -0.2) is 0 Å². The van der Waals surface area contributed by atoms with Gasteiger partial charge in [0, 0.05) is 19.0 Å². The first-order valence-electron chi connectivity index (χ1n) is 4.98. The SMILES string of the molecule is CCN(CCC#N)CC(=O)NC(C)C. The van der Waals surface area contributed by atoms with Gasteiger partial charge in [-0.3, -0.25) is 9.69 Å². The molecule has 0 aromatic rings. The molecule has 1 amide bonds. The number of amides is 1. The van der Waals surface area contributed by atoms with Crippen LogP contribution in [0.4, 0.5) is 0 Å². The van der Waals surface area contributed by atoms with Gasteiger partial charge in [0.25, 0.3) is 0 Å². The first-order valence-corrected chi connectivity index (χ1v) is 4.98. The third kappa shape index (κ3) is 6.44. The van der Waals surface area contributed by atoms with Crippen LogP contribution in [0.5, 0.6) is 0 Å². The summed E-state index contributed by atoms with van der Waals surface area (Å²) in [6, 6.07) is 2.25. The molecular formula is C10H19N3O. The van der Waals surface area contributed by atoms with Gasteiger partial charge >= 0.3 is 0 Å². The van der Waals surface area contributed by atoms with Crippen LogP contribution in [-0.4, -0.2) is 36.5 Å². The number of hydrogen-bond donors (Lipinski definition) is 1. The molecule has 0 bridgehead atoms. The van der Waals surface area contributed by atoms with Crippen molar-refractivity contribution in [3.05, 3.63) is 0 Å². The van der Waals surface area contributed by atoms with Crippen LogP contribution in [0.25, 0.3) is 0 Å².